The zero-order chi connectivity index (χ0) is 17.6. The van der Waals surface area contributed by atoms with Crippen molar-refractivity contribution < 1.29 is 4.52 Å². The lowest BCUT2D eigenvalue weighted by Crippen LogP contribution is -2.33. The molecule has 1 N–H and O–H groups in total. The van der Waals surface area contributed by atoms with Crippen LogP contribution >= 0.6 is 0 Å². The average Bonchev–Trinajstić information content (AvgIpc) is 3.04. The largest absolute Gasteiger partial charge is 0.367 e. The van der Waals surface area contributed by atoms with Gasteiger partial charge in [-0.3, -0.25) is 0 Å². The summed E-state index contributed by atoms with van der Waals surface area (Å²) in [5.41, 5.74) is -0.0180. The lowest BCUT2D eigenvalue weighted by atomic mass is 9.80. The fraction of sp³-hybridized carbons (Fsp3) is 0.684. The van der Waals surface area contributed by atoms with Crippen molar-refractivity contribution in [2.75, 3.05) is 29.9 Å². The van der Waals surface area contributed by atoms with Crippen molar-refractivity contribution in [1.29, 1.82) is 0 Å². The number of nitrogens with one attached hydrogen (secondary N) is 1. The predicted octanol–water partition coefficient (Wildman–Crippen LogP) is 2.80. The maximum absolute atomic E-state index is 5.80. The van der Waals surface area contributed by atoms with Gasteiger partial charge in [0.1, 0.15) is 0 Å². The summed E-state index contributed by atoms with van der Waals surface area (Å²) in [6.07, 6.45) is 10.7. The molecule has 1 saturated heterocycles. The van der Waals surface area contributed by atoms with Crippen LogP contribution < -0.4 is 10.2 Å². The van der Waals surface area contributed by atoms with Crippen molar-refractivity contribution >= 4 is 11.6 Å². The fourth-order valence-corrected chi connectivity index (χ4v) is 4.77. The summed E-state index contributed by atoms with van der Waals surface area (Å²) in [6, 6.07) is 0. The van der Waals surface area contributed by atoms with E-state index in [9.17, 15) is 0 Å². The Morgan fingerprint density at radius 3 is 3.00 bits per heavy atom. The van der Waals surface area contributed by atoms with Gasteiger partial charge in [-0.25, -0.2) is 9.97 Å². The fourth-order valence-electron chi connectivity index (χ4n) is 4.77. The predicted molar refractivity (Wildman–Crippen MR) is 98.2 cm³/mol. The molecule has 26 heavy (non-hydrogen) atoms. The smallest absolute Gasteiger partial charge is 0.235 e. The molecule has 2 aromatic rings. The van der Waals surface area contributed by atoms with E-state index in [1.54, 1.807) is 12.4 Å². The number of aromatic nitrogens is 4. The number of anilines is 2. The summed E-state index contributed by atoms with van der Waals surface area (Å²) in [6.45, 7) is 4.79. The molecule has 7 heteroatoms. The molecule has 0 spiro atoms. The molecule has 1 aliphatic heterocycles. The average molecular weight is 354 g/mol. The first-order valence-electron chi connectivity index (χ1n) is 9.91. The number of hydrogen-bond acceptors (Lipinski definition) is 7. The van der Waals surface area contributed by atoms with Crippen molar-refractivity contribution in [3.63, 3.8) is 0 Å². The van der Waals surface area contributed by atoms with Gasteiger partial charge in [0.25, 0.3) is 0 Å². The summed E-state index contributed by atoms with van der Waals surface area (Å²) in [5, 5.41) is 7.63. The number of rotatable bonds is 6. The lowest BCUT2D eigenvalue weighted by Gasteiger charge is -2.25. The minimum Gasteiger partial charge on any atom is -0.367 e. The van der Waals surface area contributed by atoms with E-state index in [4.69, 9.17) is 9.51 Å². The molecule has 3 fully saturated rings. The Bertz CT molecular complexity index is 788. The van der Waals surface area contributed by atoms with Crippen LogP contribution in [0.4, 0.5) is 11.6 Å². The molecule has 2 atom stereocenters. The molecule has 2 saturated carbocycles. The van der Waals surface area contributed by atoms with Gasteiger partial charge in [-0.1, -0.05) is 11.6 Å². The van der Waals surface area contributed by atoms with Crippen molar-refractivity contribution in [3.05, 3.63) is 24.1 Å². The highest BCUT2D eigenvalue weighted by atomic mass is 16.5. The molecule has 138 valence electrons. The summed E-state index contributed by atoms with van der Waals surface area (Å²) in [4.78, 5) is 16.3. The van der Waals surface area contributed by atoms with Crippen molar-refractivity contribution in [2.24, 2.45) is 11.8 Å². The Hall–Kier alpha value is -2.18. The van der Waals surface area contributed by atoms with Gasteiger partial charge >= 0.3 is 0 Å². The molecule has 5 rings (SSSR count). The van der Waals surface area contributed by atoms with Gasteiger partial charge < -0.3 is 14.7 Å². The highest BCUT2D eigenvalue weighted by Gasteiger charge is 2.54. The number of nitrogens with zero attached hydrogens (tertiary/aromatic N) is 5. The van der Waals surface area contributed by atoms with Crippen LogP contribution in [0, 0.1) is 11.8 Å². The van der Waals surface area contributed by atoms with Crippen molar-refractivity contribution in [3.8, 4) is 0 Å². The third kappa shape index (κ3) is 2.64. The maximum atomic E-state index is 5.80. The quantitative estimate of drug-likeness (QED) is 0.854. The van der Waals surface area contributed by atoms with Crippen LogP contribution in [0.25, 0.3) is 0 Å². The van der Waals surface area contributed by atoms with Gasteiger partial charge in [0.05, 0.1) is 5.41 Å². The highest BCUT2D eigenvalue weighted by Crippen LogP contribution is 2.51. The Kier molecular flexibility index (Phi) is 3.83. The van der Waals surface area contributed by atoms with Crippen LogP contribution in [0.2, 0.25) is 0 Å². The maximum Gasteiger partial charge on any atom is 0.235 e. The minimum atomic E-state index is -0.0180. The van der Waals surface area contributed by atoms with E-state index < -0.39 is 0 Å². The van der Waals surface area contributed by atoms with Crippen LogP contribution in [0.5, 0.6) is 0 Å². The SMILES string of the molecule is CCNc1nccnc1N1C[C@H]2CCC[C@@]2(c2nc(CC3CC3)no2)C1. The van der Waals surface area contributed by atoms with Gasteiger partial charge in [-0.05, 0) is 44.4 Å². The summed E-state index contributed by atoms with van der Waals surface area (Å²) in [7, 11) is 0. The van der Waals surface area contributed by atoms with E-state index in [-0.39, 0.29) is 5.41 Å². The standard InChI is InChI=1S/C19H26N6O/c1-2-20-16-17(22-9-8-21-16)25-11-14-4-3-7-19(14,12-25)18-23-15(24-26-18)10-13-5-6-13/h8-9,13-14H,2-7,10-12H2,1H3,(H,20,21)/t14-,19-/m1/s1. The molecule has 0 aromatic carbocycles. The molecule has 0 bridgehead atoms. The van der Waals surface area contributed by atoms with E-state index in [0.717, 1.165) is 61.7 Å². The molecule has 0 amide bonds. The summed E-state index contributed by atoms with van der Waals surface area (Å²) in [5.74, 6) is 4.89. The van der Waals surface area contributed by atoms with Crippen LogP contribution in [0.15, 0.2) is 16.9 Å². The van der Waals surface area contributed by atoms with E-state index in [0.29, 0.717) is 5.92 Å². The van der Waals surface area contributed by atoms with E-state index in [1.807, 2.05) is 0 Å². The summed E-state index contributed by atoms with van der Waals surface area (Å²) < 4.78 is 5.80. The van der Waals surface area contributed by atoms with Crippen molar-refractivity contribution in [2.45, 2.75) is 50.9 Å². The Morgan fingerprint density at radius 1 is 1.27 bits per heavy atom. The van der Waals surface area contributed by atoms with E-state index in [1.165, 1.54) is 25.7 Å². The first kappa shape index (κ1) is 16.0. The van der Waals surface area contributed by atoms with Gasteiger partial charge in [0, 0.05) is 38.4 Å². The first-order valence-corrected chi connectivity index (χ1v) is 9.91. The van der Waals surface area contributed by atoms with Crippen LogP contribution in [-0.2, 0) is 11.8 Å². The molecule has 2 aromatic heterocycles. The van der Waals surface area contributed by atoms with Gasteiger partial charge in [0.15, 0.2) is 17.5 Å². The Labute approximate surface area is 153 Å². The molecule has 0 radical (unpaired) electrons. The van der Waals surface area contributed by atoms with E-state index in [2.05, 4.69) is 32.3 Å². The van der Waals surface area contributed by atoms with E-state index >= 15 is 0 Å². The number of hydrogen-bond donors (Lipinski definition) is 1. The normalized spacial score (nSPS) is 27.7. The second-order valence-corrected chi connectivity index (χ2v) is 8.05. The Balaban J connectivity index is 1.43. The van der Waals surface area contributed by atoms with Gasteiger partial charge in [-0.15, -0.1) is 0 Å². The minimum absolute atomic E-state index is 0.0180. The molecule has 7 nitrogen and oxygen atoms in total. The lowest BCUT2D eigenvalue weighted by molar-refractivity contribution is 0.265. The van der Waals surface area contributed by atoms with Crippen LogP contribution in [0.3, 0.4) is 0 Å². The monoisotopic (exact) mass is 354 g/mol. The second-order valence-electron chi connectivity index (χ2n) is 8.05. The topological polar surface area (TPSA) is 80.0 Å². The molecular weight excluding hydrogens is 328 g/mol. The molecule has 3 heterocycles. The first-order chi connectivity index (χ1) is 12.8. The number of fused-ring (bicyclic) bond motifs is 1. The third-order valence-corrected chi connectivity index (χ3v) is 6.26. The van der Waals surface area contributed by atoms with Gasteiger partial charge in [0.2, 0.25) is 5.89 Å². The van der Waals surface area contributed by atoms with Crippen LogP contribution in [-0.4, -0.2) is 39.7 Å². The Morgan fingerprint density at radius 2 is 2.15 bits per heavy atom. The van der Waals surface area contributed by atoms with Crippen LogP contribution in [0.1, 0.15) is 50.7 Å². The van der Waals surface area contributed by atoms with Gasteiger partial charge in [-0.2, -0.15) is 4.98 Å². The molecule has 3 aliphatic rings. The zero-order valence-corrected chi connectivity index (χ0v) is 15.3. The zero-order valence-electron chi connectivity index (χ0n) is 15.3. The summed E-state index contributed by atoms with van der Waals surface area (Å²) >= 11 is 0. The molecule has 0 unspecified atom stereocenters. The molecular formula is C19H26N6O. The van der Waals surface area contributed by atoms with Crippen molar-refractivity contribution in [1.82, 2.24) is 20.1 Å². The highest BCUT2D eigenvalue weighted by molar-refractivity contribution is 5.61. The molecule has 2 aliphatic carbocycles. The third-order valence-electron chi connectivity index (χ3n) is 6.26. The second kappa shape index (κ2) is 6.21.